The van der Waals surface area contributed by atoms with Gasteiger partial charge in [-0.25, -0.2) is 0 Å². The van der Waals surface area contributed by atoms with E-state index in [1.807, 2.05) is 0 Å². The van der Waals surface area contributed by atoms with Gasteiger partial charge in [-0.3, -0.25) is 14.4 Å². The molecule has 0 unspecified atom stereocenters. The van der Waals surface area contributed by atoms with Crippen LogP contribution in [0.1, 0.15) is 317 Å². The number of esters is 3. The molecule has 0 saturated carbocycles. The van der Waals surface area contributed by atoms with E-state index in [0.29, 0.717) is 19.3 Å². The fourth-order valence-corrected chi connectivity index (χ4v) is 8.57. The first-order chi connectivity index (χ1) is 30.4. The zero-order valence-corrected chi connectivity index (χ0v) is 42.3. The summed E-state index contributed by atoms with van der Waals surface area (Å²) >= 11 is 0. The number of ether oxygens (including phenoxy) is 3. The highest BCUT2D eigenvalue weighted by atomic mass is 16.6. The average molecular weight is 877 g/mol. The molecule has 0 radical (unpaired) electrons. The monoisotopic (exact) mass is 877 g/mol. The summed E-state index contributed by atoms with van der Waals surface area (Å²) in [5, 5.41) is 0. The van der Waals surface area contributed by atoms with Crippen LogP contribution in [-0.2, 0) is 28.6 Å². The van der Waals surface area contributed by atoms with Gasteiger partial charge in [0.2, 0.25) is 0 Å². The average Bonchev–Trinajstić information content (AvgIpc) is 3.26. The fourth-order valence-electron chi connectivity index (χ4n) is 8.57. The summed E-state index contributed by atoms with van der Waals surface area (Å²) < 4.78 is 16.8. The molecule has 0 amide bonds. The van der Waals surface area contributed by atoms with Gasteiger partial charge in [0.05, 0.1) is 0 Å². The minimum Gasteiger partial charge on any atom is -0.462 e. The van der Waals surface area contributed by atoms with Crippen LogP contribution in [0.2, 0.25) is 0 Å². The summed E-state index contributed by atoms with van der Waals surface area (Å²) in [5.74, 6) is 0.0131. The van der Waals surface area contributed by atoms with E-state index in [1.165, 1.54) is 212 Å². The topological polar surface area (TPSA) is 78.9 Å². The van der Waals surface area contributed by atoms with Gasteiger partial charge < -0.3 is 14.2 Å². The highest BCUT2D eigenvalue weighted by Crippen LogP contribution is 2.18. The number of unbranched alkanes of at least 4 members (excludes halogenated alkanes) is 38. The zero-order valence-electron chi connectivity index (χ0n) is 42.3. The van der Waals surface area contributed by atoms with Crippen LogP contribution < -0.4 is 0 Å². The summed E-state index contributed by atoms with van der Waals surface area (Å²) in [6.45, 7) is 9.03. The van der Waals surface area contributed by atoms with Crippen LogP contribution in [0.4, 0.5) is 0 Å². The Kier molecular flexibility index (Phi) is 49.1. The van der Waals surface area contributed by atoms with E-state index >= 15 is 0 Å². The number of carbonyl (C=O) groups is 3. The fraction of sp³-hybridized carbons (Fsp3) is 0.946. The van der Waals surface area contributed by atoms with Crippen LogP contribution in [0.25, 0.3) is 0 Å². The molecule has 0 saturated heterocycles. The van der Waals surface area contributed by atoms with Crippen molar-refractivity contribution in [3.05, 3.63) is 0 Å². The van der Waals surface area contributed by atoms with E-state index in [9.17, 15) is 14.4 Å². The van der Waals surface area contributed by atoms with Gasteiger partial charge in [0.1, 0.15) is 13.2 Å². The van der Waals surface area contributed by atoms with Crippen molar-refractivity contribution in [1.82, 2.24) is 0 Å². The predicted molar refractivity (Wildman–Crippen MR) is 266 cm³/mol. The molecule has 0 aromatic carbocycles. The molecule has 0 aliphatic rings. The third-order valence-corrected chi connectivity index (χ3v) is 12.8. The lowest BCUT2D eigenvalue weighted by Gasteiger charge is -2.18. The van der Waals surface area contributed by atoms with E-state index in [1.54, 1.807) is 0 Å². The second kappa shape index (κ2) is 50.4. The molecule has 6 heteroatoms. The second-order valence-electron chi connectivity index (χ2n) is 19.7. The number of hydrogen-bond acceptors (Lipinski definition) is 6. The molecule has 0 aliphatic heterocycles. The minimum atomic E-state index is -0.760. The Morgan fingerprint density at radius 2 is 0.532 bits per heavy atom. The molecule has 0 aromatic rings. The van der Waals surface area contributed by atoms with Gasteiger partial charge in [0, 0.05) is 19.3 Å². The molecular formula is C56H108O6. The zero-order chi connectivity index (χ0) is 45.2. The predicted octanol–water partition coefficient (Wildman–Crippen LogP) is 18.2. The first kappa shape index (κ1) is 60.4. The molecule has 0 fully saturated rings. The van der Waals surface area contributed by atoms with Crippen molar-refractivity contribution in [3.8, 4) is 0 Å². The third kappa shape index (κ3) is 49.4. The van der Waals surface area contributed by atoms with E-state index in [2.05, 4.69) is 27.7 Å². The summed E-state index contributed by atoms with van der Waals surface area (Å²) in [4.78, 5) is 37.9. The van der Waals surface area contributed by atoms with Crippen LogP contribution in [0, 0.1) is 5.92 Å². The molecule has 1 atom stereocenters. The van der Waals surface area contributed by atoms with Gasteiger partial charge in [-0.2, -0.15) is 0 Å². The maximum atomic E-state index is 12.8. The van der Waals surface area contributed by atoms with E-state index in [0.717, 1.165) is 63.7 Å². The Bertz CT molecular complexity index is 933. The van der Waals surface area contributed by atoms with Crippen molar-refractivity contribution in [3.63, 3.8) is 0 Å². The maximum Gasteiger partial charge on any atom is 0.306 e. The third-order valence-electron chi connectivity index (χ3n) is 12.8. The first-order valence-electron chi connectivity index (χ1n) is 27.9. The normalized spacial score (nSPS) is 12.0. The van der Waals surface area contributed by atoms with Crippen LogP contribution in [0.5, 0.6) is 0 Å². The highest BCUT2D eigenvalue weighted by Gasteiger charge is 2.19. The quantitative estimate of drug-likeness (QED) is 0.0344. The van der Waals surface area contributed by atoms with Crippen LogP contribution in [-0.4, -0.2) is 37.2 Å². The van der Waals surface area contributed by atoms with Gasteiger partial charge in [0.25, 0.3) is 0 Å². The summed E-state index contributed by atoms with van der Waals surface area (Å²) in [6.07, 6.45) is 54.0. The van der Waals surface area contributed by atoms with E-state index in [-0.39, 0.29) is 31.1 Å². The molecule has 0 aliphatic carbocycles. The van der Waals surface area contributed by atoms with Crippen LogP contribution >= 0.6 is 0 Å². The lowest BCUT2D eigenvalue weighted by atomic mass is 10.0. The van der Waals surface area contributed by atoms with Crippen molar-refractivity contribution in [2.45, 2.75) is 323 Å². The Labute approximate surface area is 387 Å². The highest BCUT2D eigenvalue weighted by molar-refractivity contribution is 5.71. The van der Waals surface area contributed by atoms with Gasteiger partial charge in [-0.05, 0) is 25.2 Å². The summed E-state index contributed by atoms with van der Waals surface area (Å²) in [6, 6.07) is 0. The van der Waals surface area contributed by atoms with Gasteiger partial charge in [0.15, 0.2) is 6.10 Å². The maximum absolute atomic E-state index is 12.8. The van der Waals surface area contributed by atoms with Crippen molar-refractivity contribution in [1.29, 1.82) is 0 Å². The van der Waals surface area contributed by atoms with Crippen molar-refractivity contribution in [2.24, 2.45) is 5.92 Å². The number of hydrogen-bond donors (Lipinski definition) is 0. The Morgan fingerprint density at radius 3 is 0.790 bits per heavy atom. The van der Waals surface area contributed by atoms with E-state index in [4.69, 9.17) is 14.2 Å². The Balaban J connectivity index is 4.12. The minimum absolute atomic E-state index is 0.0626. The lowest BCUT2D eigenvalue weighted by molar-refractivity contribution is -0.167. The number of rotatable bonds is 51. The smallest absolute Gasteiger partial charge is 0.306 e. The second-order valence-corrected chi connectivity index (χ2v) is 19.7. The molecule has 0 aromatic heterocycles. The van der Waals surface area contributed by atoms with Crippen LogP contribution in [0.3, 0.4) is 0 Å². The molecule has 6 nitrogen and oxygen atoms in total. The molecule has 0 N–H and O–H groups in total. The van der Waals surface area contributed by atoms with Gasteiger partial charge >= 0.3 is 17.9 Å². The molecule has 0 spiro atoms. The molecule has 0 rings (SSSR count). The Morgan fingerprint density at radius 1 is 0.306 bits per heavy atom. The largest absolute Gasteiger partial charge is 0.462 e. The van der Waals surface area contributed by atoms with Crippen LogP contribution in [0.15, 0.2) is 0 Å². The summed E-state index contributed by atoms with van der Waals surface area (Å²) in [7, 11) is 0. The molecule has 368 valence electrons. The molecule has 0 bridgehead atoms. The van der Waals surface area contributed by atoms with Gasteiger partial charge in [-0.1, -0.05) is 278 Å². The van der Waals surface area contributed by atoms with E-state index < -0.39 is 6.10 Å². The standard InChI is InChI=1S/C56H108O6/c1-5-7-9-11-13-14-15-16-17-23-27-30-33-37-41-45-49-56(59)62-53(50-60-54(57)47-43-39-34-12-10-8-6-2)51-61-55(58)48-44-40-36-32-29-26-24-21-19-18-20-22-25-28-31-35-38-42-46-52(3)4/h52-53H,5-51H2,1-4H3/t53-/m0/s1. The summed E-state index contributed by atoms with van der Waals surface area (Å²) in [5.41, 5.74) is 0. The molecular weight excluding hydrogens is 769 g/mol. The first-order valence-corrected chi connectivity index (χ1v) is 27.9. The number of carbonyl (C=O) groups excluding carboxylic acids is 3. The molecule has 0 heterocycles. The Hall–Kier alpha value is -1.59. The SMILES string of the molecule is CCCCCCCCCCCCCCCCCCC(=O)O[C@@H](COC(=O)CCCCCCCCC)COC(=O)CCCCCCCCCCCCCCCCCCCCC(C)C. The van der Waals surface area contributed by atoms with Crippen molar-refractivity contribution >= 4 is 17.9 Å². The van der Waals surface area contributed by atoms with Gasteiger partial charge in [-0.15, -0.1) is 0 Å². The van der Waals surface area contributed by atoms with Crippen molar-refractivity contribution in [2.75, 3.05) is 13.2 Å². The van der Waals surface area contributed by atoms with Crippen molar-refractivity contribution < 1.29 is 28.6 Å². The molecule has 62 heavy (non-hydrogen) atoms. The lowest BCUT2D eigenvalue weighted by Crippen LogP contribution is -2.30.